The first-order chi connectivity index (χ1) is 11.5. The summed E-state index contributed by atoms with van der Waals surface area (Å²) in [6.07, 6.45) is 1.66. The molecule has 1 aromatic heterocycles. The molecule has 2 heterocycles. The van der Waals surface area contributed by atoms with E-state index in [1.807, 2.05) is 35.8 Å². The van der Waals surface area contributed by atoms with Crippen molar-refractivity contribution in [3.05, 3.63) is 35.7 Å². The van der Waals surface area contributed by atoms with Crippen LogP contribution in [0, 0.1) is 12.8 Å². The van der Waals surface area contributed by atoms with E-state index < -0.39 is 9.84 Å². The molecule has 1 atom stereocenters. The minimum atomic E-state index is -2.81. The maximum atomic E-state index is 11.5. The predicted molar refractivity (Wildman–Crippen MR) is 96.1 cm³/mol. The maximum absolute atomic E-state index is 11.5. The third kappa shape index (κ3) is 3.81. The van der Waals surface area contributed by atoms with Gasteiger partial charge in [-0.05, 0) is 37.3 Å². The molecule has 1 saturated heterocycles. The topological polar surface area (TPSA) is 90.9 Å². The largest absolute Gasteiger partial charge is 0.324 e. The lowest BCUT2D eigenvalue weighted by atomic mass is 10.1. The van der Waals surface area contributed by atoms with E-state index >= 15 is 0 Å². The summed E-state index contributed by atoms with van der Waals surface area (Å²) in [5, 5.41) is 9.28. The number of nitrogens with zero attached hydrogens (tertiary/aromatic N) is 3. The second-order valence-electron chi connectivity index (χ2n) is 6.13. The van der Waals surface area contributed by atoms with Gasteiger partial charge in [0.2, 0.25) is 0 Å². The Balaban J connectivity index is 1.73. The van der Waals surface area contributed by atoms with Crippen LogP contribution in [0.15, 0.2) is 29.4 Å². The monoisotopic (exact) mass is 366 g/mol. The predicted octanol–water partition coefficient (Wildman–Crippen LogP) is 1.95. The molecule has 0 radical (unpaired) electrons. The fourth-order valence-corrected chi connectivity index (χ4v) is 5.97. The van der Waals surface area contributed by atoms with Crippen molar-refractivity contribution in [1.29, 1.82) is 0 Å². The number of aromatic nitrogens is 3. The van der Waals surface area contributed by atoms with Gasteiger partial charge in [-0.1, -0.05) is 30.0 Å². The van der Waals surface area contributed by atoms with Crippen LogP contribution in [0.25, 0.3) is 5.69 Å². The Hall–Kier alpha value is -1.38. The zero-order valence-electron chi connectivity index (χ0n) is 13.7. The number of benzene rings is 1. The third-order valence-corrected chi connectivity index (χ3v) is 7.12. The normalized spacial score (nSPS) is 19.7. The van der Waals surface area contributed by atoms with Gasteiger partial charge in [-0.15, -0.1) is 10.2 Å². The van der Waals surface area contributed by atoms with Gasteiger partial charge < -0.3 is 5.73 Å². The molecule has 6 nitrogen and oxygen atoms in total. The molecule has 8 heteroatoms. The first kappa shape index (κ1) is 17.4. The van der Waals surface area contributed by atoms with Gasteiger partial charge in [0.05, 0.1) is 23.7 Å². The summed E-state index contributed by atoms with van der Waals surface area (Å²) in [4.78, 5) is 0. The summed E-state index contributed by atoms with van der Waals surface area (Å²) in [7, 11) is -2.81. The van der Waals surface area contributed by atoms with Crippen LogP contribution in [0.4, 0.5) is 0 Å². The Bertz CT molecular complexity index is 817. The van der Waals surface area contributed by atoms with E-state index in [2.05, 4.69) is 10.2 Å². The zero-order valence-corrected chi connectivity index (χ0v) is 15.3. The Labute approximate surface area is 146 Å². The van der Waals surface area contributed by atoms with Crippen molar-refractivity contribution in [2.24, 2.45) is 11.7 Å². The number of rotatable bonds is 6. The molecule has 1 aliphatic rings. The molecule has 130 valence electrons. The number of thioether (sulfide) groups is 1. The summed E-state index contributed by atoms with van der Waals surface area (Å²) in [6, 6.07) is 8.07. The van der Waals surface area contributed by atoms with Crippen LogP contribution in [0.3, 0.4) is 0 Å². The van der Waals surface area contributed by atoms with Crippen molar-refractivity contribution in [2.45, 2.75) is 31.5 Å². The zero-order chi connectivity index (χ0) is 17.2. The SMILES string of the molecule is Cc1ccccc1-n1c(CN)nnc1SCCC1CCS(=O)(=O)C1. The van der Waals surface area contributed by atoms with Crippen molar-refractivity contribution in [3.8, 4) is 5.69 Å². The van der Waals surface area contributed by atoms with E-state index in [1.54, 1.807) is 11.8 Å². The lowest BCUT2D eigenvalue weighted by Crippen LogP contribution is -2.09. The maximum Gasteiger partial charge on any atom is 0.195 e. The molecule has 0 bridgehead atoms. The fraction of sp³-hybridized carbons (Fsp3) is 0.500. The van der Waals surface area contributed by atoms with Crippen molar-refractivity contribution in [1.82, 2.24) is 14.8 Å². The lowest BCUT2D eigenvalue weighted by Gasteiger charge is -2.12. The molecule has 2 N–H and O–H groups in total. The second kappa shape index (κ2) is 7.25. The minimum absolute atomic E-state index is 0.270. The van der Waals surface area contributed by atoms with Crippen LogP contribution in [-0.4, -0.2) is 40.4 Å². The molecule has 0 amide bonds. The molecular formula is C16H22N4O2S2. The molecular weight excluding hydrogens is 344 g/mol. The van der Waals surface area contributed by atoms with Crippen LogP contribution >= 0.6 is 11.8 Å². The van der Waals surface area contributed by atoms with Gasteiger partial charge in [0.15, 0.2) is 20.8 Å². The van der Waals surface area contributed by atoms with Crippen LogP contribution in [0.5, 0.6) is 0 Å². The van der Waals surface area contributed by atoms with Gasteiger partial charge in [0.1, 0.15) is 0 Å². The Morgan fingerprint density at radius 1 is 1.33 bits per heavy atom. The van der Waals surface area contributed by atoms with Gasteiger partial charge in [-0.25, -0.2) is 8.42 Å². The average Bonchev–Trinajstić information content (AvgIpc) is 3.11. The van der Waals surface area contributed by atoms with E-state index in [0.717, 1.165) is 40.8 Å². The Kier molecular flexibility index (Phi) is 5.27. The van der Waals surface area contributed by atoms with Crippen molar-refractivity contribution in [2.75, 3.05) is 17.3 Å². The van der Waals surface area contributed by atoms with Crippen LogP contribution < -0.4 is 5.73 Å². The highest BCUT2D eigenvalue weighted by Crippen LogP contribution is 2.28. The summed E-state index contributed by atoms with van der Waals surface area (Å²) in [5.74, 6) is 2.49. The molecule has 0 saturated carbocycles. The summed E-state index contributed by atoms with van der Waals surface area (Å²) in [6.45, 7) is 2.37. The average molecular weight is 367 g/mol. The lowest BCUT2D eigenvalue weighted by molar-refractivity contribution is 0.574. The molecule has 0 aliphatic carbocycles. The van der Waals surface area contributed by atoms with Crippen molar-refractivity contribution >= 4 is 21.6 Å². The molecule has 2 aromatic rings. The van der Waals surface area contributed by atoms with E-state index in [0.29, 0.717) is 18.1 Å². The molecule has 0 spiro atoms. The second-order valence-corrected chi connectivity index (χ2v) is 9.42. The van der Waals surface area contributed by atoms with Gasteiger partial charge in [-0.3, -0.25) is 4.57 Å². The molecule has 24 heavy (non-hydrogen) atoms. The van der Waals surface area contributed by atoms with Crippen LogP contribution in [-0.2, 0) is 16.4 Å². The number of hydrogen-bond acceptors (Lipinski definition) is 6. The fourth-order valence-electron chi connectivity index (χ4n) is 3.00. The van der Waals surface area contributed by atoms with Gasteiger partial charge in [0, 0.05) is 5.75 Å². The number of para-hydroxylation sites is 1. The van der Waals surface area contributed by atoms with Gasteiger partial charge in [-0.2, -0.15) is 0 Å². The Morgan fingerprint density at radius 3 is 2.79 bits per heavy atom. The smallest absolute Gasteiger partial charge is 0.195 e. The third-order valence-electron chi connectivity index (χ3n) is 4.32. The minimum Gasteiger partial charge on any atom is -0.324 e. The molecule has 3 rings (SSSR count). The van der Waals surface area contributed by atoms with Crippen molar-refractivity contribution in [3.63, 3.8) is 0 Å². The first-order valence-electron chi connectivity index (χ1n) is 8.04. The molecule has 1 aromatic carbocycles. The van der Waals surface area contributed by atoms with E-state index in [-0.39, 0.29) is 5.92 Å². The highest BCUT2D eigenvalue weighted by molar-refractivity contribution is 7.99. The summed E-state index contributed by atoms with van der Waals surface area (Å²) >= 11 is 1.61. The Morgan fingerprint density at radius 2 is 2.12 bits per heavy atom. The summed E-state index contributed by atoms with van der Waals surface area (Å²) < 4.78 is 25.1. The summed E-state index contributed by atoms with van der Waals surface area (Å²) in [5.41, 5.74) is 7.98. The highest BCUT2D eigenvalue weighted by Gasteiger charge is 2.27. The van der Waals surface area contributed by atoms with Crippen LogP contribution in [0.2, 0.25) is 0 Å². The van der Waals surface area contributed by atoms with Crippen molar-refractivity contribution < 1.29 is 8.42 Å². The van der Waals surface area contributed by atoms with Crippen LogP contribution in [0.1, 0.15) is 24.2 Å². The van der Waals surface area contributed by atoms with E-state index in [9.17, 15) is 8.42 Å². The number of sulfone groups is 1. The van der Waals surface area contributed by atoms with E-state index in [4.69, 9.17) is 5.73 Å². The number of aryl methyl sites for hydroxylation is 1. The molecule has 1 aliphatic heterocycles. The quantitative estimate of drug-likeness (QED) is 0.786. The van der Waals surface area contributed by atoms with Gasteiger partial charge >= 0.3 is 0 Å². The van der Waals surface area contributed by atoms with E-state index in [1.165, 1.54) is 0 Å². The number of hydrogen-bond donors (Lipinski definition) is 1. The number of nitrogens with two attached hydrogens (primary N) is 1. The molecule has 1 fully saturated rings. The standard InChI is InChI=1S/C16H22N4O2S2/c1-12-4-2-3-5-14(12)20-15(10-17)18-19-16(20)23-8-6-13-7-9-24(21,22)11-13/h2-5,13H,6-11,17H2,1H3. The molecule has 1 unspecified atom stereocenters. The first-order valence-corrected chi connectivity index (χ1v) is 10.8. The van der Waals surface area contributed by atoms with Gasteiger partial charge in [0.25, 0.3) is 0 Å². The highest BCUT2D eigenvalue weighted by atomic mass is 32.2.